The second kappa shape index (κ2) is 12.2. The number of aldehydes is 1. The molecular formula is C32H37N5O3. The Hall–Kier alpha value is -3.72. The number of fused-ring (bicyclic) bond motifs is 1. The van der Waals surface area contributed by atoms with Gasteiger partial charge in [-0.3, -0.25) is 19.6 Å². The molecule has 0 spiro atoms. The Morgan fingerprint density at radius 1 is 1.05 bits per heavy atom. The molecule has 0 bridgehead atoms. The number of H-pyrrole nitrogens is 1. The van der Waals surface area contributed by atoms with Crippen molar-refractivity contribution in [2.75, 3.05) is 57.9 Å². The molecule has 8 nitrogen and oxygen atoms in total. The summed E-state index contributed by atoms with van der Waals surface area (Å²) in [7, 11) is 0. The molecule has 2 aromatic carbocycles. The minimum absolute atomic E-state index is 0.517. The van der Waals surface area contributed by atoms with E-state index in [2.05, 4.69) is 38.1 Å². The number of morpholine rings is 1. The fourth-order valence-corrected chi connectivity index (χ4v) is 5.95. The number of benzene rings is 2. The molecule has 2 fully saturated rings. The number of nitrogens with zero attached hydrogens (tertiary/aromatic N) is 3. The number of carbonyl (C=O) groups excluding carboxylic acids is 1. The molecular weight excluding hydrogens is 502 g/mol. The molecule has 2 saturated heterocycles. The second-order valence-corrected chi connectivity index (χ2v) is 10.7. The molecule has 40 heavy (non-hydrogen) atoms. The maximum Gasteiger partial charge on any atom is 0.153 e. The lowest BCUT2D eigenvalue weighted by Gasteiger charge is -2.40. The van der Waals surface area contributed by atoms with Gasteiger partial charge in [0, 0.05) is 66.4 Å². The molecule has 0 atom stereocenters. The molecule has 0 aliphatic carbocycles. The van der Waals surface area contributed by atoms with Gasteiger partial charge in [-0.05, 0) is 74.3 Å². The highest BCUT2D eigenvalue weighted by molar-refractivity contribution is 5.96. The van der Waals surface area contributed by atoms with Crippen LogP contribution in [0.5, 0.6) is 5.75 Å². The fourth-order valence-electron chi connectivity index (χ4n) is 5.95. The zero-order valence-corrected chi connectivity index (χ0v) is 23.1. The van der Waals surface area contributed by atoms with Gasteiger partial charge in [-0.2, -0.15) is 0 Å². The number of pyridine rings is 1. The molecule has 208 valence electrons. The summed E-state index contributed by atoms with van der Waals surface area (Å²) in [5, 5.41) is 4.67. The van der Waals surface area contributed by atoms with Crippen LogP contribution in [-0.2, 0) is 4.74 Å². The minimum atomic E-state index is 0.517. The van der Waals surface area contributed by atoms with Gasteiger partial charge in [0.2, 0.25) is 0 Å². The molecule has 2 aliphatic heterocycles. The van der Waals surface area contributed by atoms with E-state index in [9.17, 15) is 4.79 Å². The summed E-state index contributed by atoms with van der Waals surface area (Å²) in [6.07, 6.45) is 8.63. The van der Waals surface area contributed by atoms with Crippen LogP contribution in [0.2, 0.25) is 0 Å². The lowest BCUT2D eigenvalue weighted by molar-refractivity contribution is 0.0000703. The van der Waals surface area contributed by atoms with E-state index < -0.39 is 0 Å². The third-order valence-electron chi connectivity index (χ3n) is 8.33. The number of likely N-dealkylation sites (tertiary alicyclic amines) is 1. The first kappa shape index (κ1) is 26.5. The monoisotopic (exact) mass is 539 g/mol. The van der Waals surface area contributed by atoms with Crippen LogP contribution in [0.25, 0.3) is 22.0 Å². The molecule has 0 amide bonds. The first-order chi connectivity index (χ1) is 19.7. The van der Waals surface area contributed by atoms with Crippen LogP contribution >= 0.6 is 0 Å². The van der Waals surface area contributed by atoms with Crippen LogP contribution in [0.3, 0.4) is 0 Å². The van der Waals surface area contributed by atoms with E-state index in [1.54, 1.807) is 12.4 Å². The van der Waals surface area contributed by atoms with Crippen molar-refractivity contribution in [3.8, 4) is 16.9 Å². The molecule has 6 rings (SSSR count). The third kappa shape index (κ3) is 5.75. The molecule has 0 radical (unpaired) electrons. The smallest absolute Gasteiger partial charge is 0.153 e. The maximum absolute atomic E-state index is 11.9. The number of aryl methyl sites for hydroxylation is 1. The second-order valence-electron chi connectivity index (χ2n) is 10.7. The number of hydrogen-bond acceptors (Lipinski definition) is 7. The summed E-state index contributed by atoms with van der Waals surface area (Å²) in [5.41, 5.74) is 6.26. The van der Waals surface area contributed by atoms with E-state index in [-0.39, 0.29) is 0 Å². The first-order valence-electron chi connectivity index (χ1n) is 14.2. The van der Waals surface area contributed by atoms with Gasteiger partial charge < -0.3 is 19.8 Å². The first-order valence-corrected chi connectivity index (χ1v) is 14.2. The molecule has 2 N–H and O–H groups in total. The summed E-state index contributed by atoms with van der Waals surface area (Å²) in [5.74, 6) is 0.842. The largest absolute Gasteiger partial charge is 0.492 e. The van der Waals surface area contributed by atoms with Gasteiger partial charge in [0.15, 0.2) is 6.29 Å². The van der Waals surface area contributed by atoms with E-state index in [1.165, 1.54) is 12.8 Å². The van der Waals surface area contributed by atoms with E-state index in [4.69, 9.17) is 9.47 Å². The quantitative estimate of drug-likeness (QED) is 0.281. The van der Waals surface area contributed by atoms with Gasteiger partial charge in [-0.25, -0.2) is 0 Å². The van der Waals surface area contributed by atoms with E-state index in [0.717, 1.165) is 96.9 Å². The highest BCUT2D eigenvalue weighted by atomic mass is 16.5. The van der Waals surface area contributed by atoms with Gasteiger partial charge in [-0.15, -0.1) is 0 Å². The van der Waals surface area contributed by atoms with Crippen LogP contribution in [0.4, 0.5) is 11.4 Å². The van der Waals surface area contributed by atoms with Crippen molar-refractivity contribution in [2.24, 2.45) is 0 Å². The highest BCUT2D eigenvalue weighted by Crippen LogP contribution is 2.35. The van der Waals surface area contributed by atoms with Crippen molar-refractivity contribution >= 4 is 28.6 Å². The van der Waals surface area contributed by atoms with E-state index in [0.29, 0.717) is 18.2 Å². The lowest BCUT2D eigenvalue weighted by Crippen LogP contribution is -2.49. The highest BCUT2D eigenvalue weighted by Gasteiger charge is 2.25. The summed E-state index contributed by atoms with van der Waals surface area (Å²) >= 11 is 0. The van der Waals surface area contributed by atoms with Crippen LogP contribution in [-0.4, -0.2) is 84.6 Å². The Kier molecular flexibility index (Phi) is 8.09. The SMILES string of the molecule is Cc1c(Nc2c(C=O)cncc2-c2ccc(OCCN3CCC(N4CCOCC4)CC3)cc2)ccc2[nH]ccc12. The lowest BCUT2D eigenvalue weighted by atomic mass is 10.0. The van der Waals surface area contributed by atoms with Gasteiger partial charge >= 0.3 is 0 Å². The van der Waals surface area contributed by atoms with Crippen molar-refractivity contribution in [3.63, 3.8) is 0 Å². The summed E-state index contributed by atoms with van der Waals surface area (Å²) < 4.78 is 11.6. The average Bonchev–Trinajstić information content (AvgIpc) is 3.50. The number of carbonyl (C=O) groups is 1. The number of anilines is 2. The number of ether oxygens (including phenoxy) is 2. The van der Waals surface area contributed by atoms with Crippen molar-refractivity contribution in [2.45, 2.75) is 25.8 Å². The Bertz CT molecular complexity index is 1440. The van der Waals surface area contributed by atoms with Gasteiger partial charge in [0.05, 0.1) is 24.5 Å². The summed E-state index contributed by atoms with van der Waals surface area (Å²) in [6, 6.07) is 14.9. The molecule has 4 heterocycles. The Balaban J connectivity index is 1.08. The Labute approximate surface area is 235 Å². The van der Waals surface area contributed by atoms with Crippen LogP contribution in [0, 0.1) is 6.92 Å². The maximum atomic E-state index is 11.9. The minimum Gasteiger partial charge on any atom is -0.492 e. The molecule has 8 heteroatoms. The van der Waals surface area contributed by atoms with Crippen LogP contribution in [0.15, 0.2) is 61.1 Å². The van der Waals surface area contributed by atoms with Crippen molar-refractivity contribution in [1.29, 1.82) is 0 Å². The number of aromatic nitrogens is 2. The zero-order valence-electron chi connectivity index (χ0n) is 23.1. The molecule has 4 aromatic rings. The van der Waals surface area contributed by atoms with Crippen LogP contribution in [0.1, 0.15) is 28.8 Å². The zero-order chi connectivity index (χ0) is 27.3. The summed E-state index contributed by atoms with van der Waals surface area (Å²) in [6.45, 7) is 9.80. The van der Waals surface area contributed by atoms with E-state index >= 15 is 0 Å². The van der Waals surface area contributed by atoms with Gasteiger partial charge in [-0.1, -0.05) is 12.1 Å². The number of rotatable bonds is 9. The van der Waals surface area contributed by atoms with Gasteiger partial charge in [0.25, 0.3) is 0 Å². The third-order valence-corrected chi connectivity index (χ3v) is 8.33. The van der Waals surface area contributed by atoms with Gasteiger partial charge in [0.1, 0.15) is 12.4 Å². The van der Waals surface area contributed by atoms with Crippen molar-refractivity contribution in [1.82, 2.24) is 19.8 Å². The topological polar surface area (TPSA) is 82.7 Å². The number of hydrogen-bond donors (Lipinski definition) is 2. The predicted octanol–water partition coefficient (Wildman–Crippen LogP) is 5.27. The number of piperidine rings is 1. The average molecular weight is 540 g/mol. The van der Waals surface area contributed by atoms with Crippen molar-refractivity contribution in [3.05, 3.63) is 72.2 Å². The van der Waals surface area contributed by atoms with Crippen molar-refractivity contribution < 1.29 is 14.3 Å². The fraction of sp³-hybridized carbons (Fsp3) is 0.375. The summed E-state index contributed by atoms with van der Waals surface area (Å²) in [4.78, 5) is 24.6. The molecule has 0 saturated carbocycles. The standard InChI is InChI=1S/C32H37N5O3/c1-23-28-8-11-34-31(28)7-6-30(23)35-32-25(22-38)20-33-21-29(32)24-2-4-27(5-3-24)40-19-14-36-12-9-26(10-13-36)37-15-17-39-18-16-37/h2-8,11,20-22,26,34H,9-10,12-19H2,1H3,(H,33,35). The molecule has 2 aliphatic rings. The number of nitrogens with one attached hydrogen (secondary N) is 2. The van der Waals surface area contributed by atoms with Crippen LogP contribution < -0.4 is 10.1 Å². The Morgan fingerprint density at radius 3 is 2.62 bits per heavy atom. The predicted molar refractivity (Wildman–Crippen MR) is 159 cm³/mol. The van der Waals surface area contributed by atoms with E-state index in [1.807, 2.05) is 42.6 Å². The Morgan fingerprint density at radius 2 is 1.85 bits per heavy atom. The normalized spacial score (nSPS) is 17.2. The molecule has 2 aromatic heterocycles. The number of aromatic amines is 1. The molecule has 0 unspecified atom stereocenters.